The molecule has 0 fully saturated rings. The van der Waals surface area contributed by atoms with Gasteiger partial charge in [-0.1, -0.05) is 6.92 Å². The summed E-state index contributed by atoms with van der Waals surface area (Å²) in [5.74, 6) is 0.593. The number of nitrogens with one attached hydrogen (secondary N) is 1. The van der Waals surface area contributed by atoms with E-state index in [4.69, 9.17) is 0 Å². The van der Waals surface area contributed by atoms with Crippen molar-refractivity contribution in [3.63, 3.8) is 0 Å². The van der Waals surface area contributed by atoms with E-state index in [9.17, 15) is 8.42 Å². The normalized spacial score (nSPS) is 12.1. The molecule has 1 heterocycles. The minimum Gasteiger partial charge on any atom is -0.370 e. The molecule has 0 unspecified atom stereocenters. The van der Waals surface area contributed by atoms with E-state index in [2.05, 4.69) is 10.3 Å². The quantitative estimate of drug-likeness (QED) is 0.859. The second kappa shape index (κ2) is 6.15. The van der Waals surface area contributed by atoms with E-state index in [0.717, 1.165) is 13.0 Å². The van der Waals surface area contributed by atoms with Gasteiger partial charge >= 0.3 is 0 Å². The third kappa shape index (κ3) is 3.43. The van der Waals surface area contributed by atoms with Crippen LogP contribution in [-0.2, 0) is 10.0 Å². The molecule has 5 nitrogen and oxygen atoms in total. The molecule has 1 rings (SSSR count). The molecule has 102 valence electrons. The van der Waals surface area contributed by atoms with Crippen LogP contribution in [0.25, 0.3) is 0 Å². The first-order valence-corrected chi connectivity index (χ1v) is 7.51. The number of hydrogen-bond acceptors (Lipinski definition) is 4. The largest absolute Gasteiger partial charge is 0.370 e. The Morgan fingerprint density at radius 3 is 2.67 bits per heavy atom. The Hall–Kier alpha value is -1.14. The molecule has 0 saturated carbocycles. The van der Waals surface area contributed by atoms with Gasteiger partial charge in [0.1, 0.15) is 5.82 Å². The Kier molecular flexibility index (Phi) is 5.10. The summed E-state index contributed by atoms with van der Waals surface area (Å²) in [6, 6.07) is 3.02. The predicted octanol–water partition coefficient (Wildman–Crippen LogP) is 1.93. The van der Waals surface area contributed by atoms with Gasteiger partial charge in [-0.25, -0.2) is 13.4 Å². The van der Waals surface area contributed by atoms with Crippen LogP contribution in [0.2, 0.25) is 0 Å². The highest BCUT2D eigenvalue weighted by molar-refractivity contribution is 7.89. The molecule has 0 aromatic carbocycles. The molecule has 0 aliphatic rings. The van der Waals surface area contributed by atoms with Gasteiger partial charge in [0.15, 0.2) is 0 Å². The zero-order chi connectivity index (χ0) is 13.8. The number of nitrogens with zero attached hydrogens (tertiary/aromatic N) is 2. The molecule has 6 heteroatoms. The zero-order valence-corrected chi connectivity index (χ0v) is 12.2. The summed E-state index contributed by atoms with van der Waals surface area (Å²) in [7, 11) is -1.85. The Morgan fingerprint density at radius 1 is 1.44 bits per heavy atom. The predicted molar refractivity (Wildman–Crippen MR) is 73.1 cm³/mol. The van der Waals surface area contributed by atoms with Crippen molar-refractivity contribution in [1.82, 2.24) is 9.29 Å². The fraction of sp³-hybridized carbons (Fsp3) is 0.583. The average molecular weight is 271 g/mol. The van der Waals surface area contributed by atoms with Gasteiger partial charge in [0, 0.05) is 31.9 Å². The van der Waals surface area contributed by atoms with Crippen molar-refractivity contribution < 1.29 is 8.42 Å². The van der Waals surface area contributed by atoms with Gasteiger partial charge in [-0.2, -0.15) is 4.31 Å². The van der Waals surface area contributed by atoms with Crippen molar-refractivity contribution in [2.24, 2.45) is 0 Å². The van der Waals surface area contributed by atoms with Crippen molar-refractivity contribution in [2.45, 2.75) is 38.1 Å². The summed E-state index contributed by atoms with van der Waals surface area (Å²) in [5.41, 5.74) is 0. The number of pyridine rings is 1. The summed E-state index contributed by atoms with van der Waals surface area (Å²) in [4.78, 5) is 4.37. The first-order chi connectivity index (χ1) is 8.39. The van der Waals surface area contributed by atoms with Crippen LogP contribution in [-0.4, -0.2) is 37.3 Å². The molecule has 0 atom stereocenters. The fourth-order valence-corrected chi connectivity index (χ4v) is 2.75. The number of aromatic nitrogens is 1. The number of rotatable bonds is 6. The monoisotopic (exact) mass is 271 g/mol. The van der Waals surface area contributed by atoms with Crippen LogP contribution in [0.3, 0.4) is 0 Å². The lowest BCUT2D eigenvalue weighted by atomic mass is 10.4. The number of sulfonamides is 1. The van der Waals surface area contributed by atoms with Crippen molar-refractivity contribution in [1.29, 1.82) is 0 Å². The molecular formula is C12H21N3O2S. The van der Waals surface area contributed by atoms with Crippen LogP contribution in [0.5, 0.6) is 0 Å². The first kappa shape index (κ1) is 14.9. The Balaban J connectivity index is 3.02. The molecule has 1 aromatic rings. The topological polar surface area (TPSA) is 62.3 Å². The highest BCUT2D eigenvalue weighted by Crippen LogP contribution is 2.18. The van der Waals surface area contributed by atoms with E-state index in [1.807, 2.05) is 20.8 Å². The van der Waals surface area contributed by atoms with E-state index in [1.165, 1.54) is 16.6 Å². The van der Waals surface area contributed by atoms with Crippen LogP contribution in [0.15, 0.2) is 23.2 Å². The molecule has 0 bridgehead atoms. The van der Waals surface area contributed by atoms with Crippen LogP contribution in [0, 0.1) is 0 Å². The van der Waals surface area contributed by atoms with E-state index in [0.29, 0.717) is 5.82 Å². The van der Waals surface area contributed by atoms with Crippen molar-refractivity contribution in [3.8, 4) is 0 Å². The highest BCUT2D eigenvalue weighted by Gasteiger charge is 2.23. The van der Waals surface area contributed by atoms with Crippen molar-refractivity contribution in [3.05, 3.63) is 18.3 Å². The average Bonchev–Trinajstić information content (AvgIpc) is 2.35. The van der Waals surface area contributed by atoms with E-state index in [-0.39, 0.29) is 10.9 Å². The Bertz CT molecular complexity index is 486. The summed E-state index contributed by atoms with van der Waals surface area (Å²) >= 11 is 0. The van der Waals surface area contributed by atoms with Crippen LogP contribution >= 0.6 is 0 Å². The third-order valence-corrected chi connectivity index (χ3v) is 4.72. The minimum atomic E-state index is -3.43. The van der Waals surface area contributed by atoms with Gasteiger partial charge in [0.05, 0.1) is 4.90 Å². The number of anilines is 1. The molecule has 1 N–H and O–H groups in total. The second-order valence-electron chi connectivity index (χ2n) is 4.42. The molecule has 0 amide bonds. The van der Waals surface area contributed by atoms with E-state index in [1.54, 1.807) is 13.1 Å². The molecular weight excluding hydrogens is 250 g/mol. The Morgan fingerprint density at radius 2 is 2.11 bits per heavy atom. The maximum Gasteiger partial charge on any atom is 0.243 e. The maximum absolute atomic E-state index is 12.3. The van der Waals surface area contributed by atoms with Crippen molar-refractivity contribution >= 4 is 15.8 Å². The van der Waals surface area contributed by atoms with E-state index < -0.39 is 10.0 Å². The van der Waals surface area contributed by atoms with Crippen LogP contribution < -0.4 is 5.32 Å². The van der Waals surface area contributed by atoms with Crippen molar-refractivity contribution in [2.75, 3.05) is 18.9 Å². The highest BCUT2D eigenvalue weighted by atomic mass is 32.2. The molecule has 0 saturated heterocycles. The molecule has 1 aromatic heterocycles. The molecule has 18 heavy (non-hydrogen) atoms. The summed E-state index contributed by atoms with van der Waals surface area (Å²) < 4.78 is 25.9. The smallest absolute Gasteiger partial charge is 0.243 e. The van der Waals surface area contributed by atoms with E-state index >= 15 is 0 Å². The Labute approximate surface area is 109 Å². The SMILES string of the molecule is CCCNc1cc(S(=O)(=O)N(C)C(C)C)ccn1. The van der Waals surface area contributed by atoms with Gasteiger partial charge in [-0.3, -0.25) is 0 Å². The minimum absolute atomic E-state index is 0.0739. The summed E-state index contributed by atoms with van der Waals surface area (Å²) in [5, 5.41) is 3.08. The third-order valence-electron chi connectivity index (χ3n) is 2.69. The summed E-state index contributed by atoms with van der Waals surface area (Å²) in [6.45, 7) is 6.50. The van der Waals surface area contributed by atoms with Gasteiger partial charge in [-0.05, 0) is 26.3 Å². The lowest BCUT2D eigenvalue weighted by molar-refractivity contribution is 0.410. The maximum atomic E-state index is 12.3. The van der Waals surface area contributed by atoms with Crippen LogP contribution in [0.1, 0.15) is 27.2 Å². The van der Waals surface area contributed by atoms with Gasteiger partial charge in [-0.15, -0.1) is 0 Å². The molecule has 0 aliphatic heterocycles. The van der Waals surface area contributed by atoms with Crippen LogP contribution in [0.4, 0.5) is 5.82 Å². The molecule has 0 spiro atoms. The zero-order valence-electron chi connectivity index (χ0n) is 11.3. The fourth-order valence-electron chi connectivity index (χ4n) is 1.37. The van der Waals surface area contributed by atoms with Gasteiger partial charge in [0.2, 0.25) is 10.0 Å². The molecule has 0 radical (unpaired) electrons. The standard InChI is InChI=1S/C12H21N3O2S/c1-5-7-13-12-9-11(6-8-14-12)18(16,17)15(4)10(2)3/h6,8-10H,5,7H2,1-4H3,(H,13,14). The lowest BCUT2D eigenvalue weighted by Gasteiger charge is -2.21. The van der Waals surface area contributed by atoms with Gasteiger partial charge < -0.3 is 5.32 Å². The number of hydrogen-bond donors (Lipinski definition) is 1. The lowest BCUT2D eigenvalue weighted by Crippen LogP contribution is -2.33. The second-order valence-corrected chi connectivity index (χ2v) is 6.42. The summed E-state index contributed by atoms with van der Waals surface area (Å²) in [6.07, 6.45) is 2.48. The first-order valence-electron chi connectivity index (χ1n) is 6.07. The van der Waals surface area contributed by atoms with Gasteiger partial charge in [0.25, 0.3) is 0 Å². The molecule has 0 aliphatic carbocycles.